The van der Waals surface area contributed by atoms with Gasteiger partial charge in [-0.2, -0.15) is 5.10 Å². The summed E-state index contributed by atoms with van der Waals surface area (Å²) in [6, 6.07) is 9.84. The average molecular weight is 459 g/mol. The predicted molar refractivity (Wildman–Crippen MR) is 112 cm³/mol. The van der Waals surface area contributed by atoms with E-state index in [1.54, 1.807) is 6.92 Å². The highest BCUT2D eigenvalue weighted by atomic mass is 35.5. The standard InChI is InChI=1S/C17H16Cl2N4O5S/c1-11(12-3-6-14(7-4-12)23(25)26)20-21-17(24)10-22(29(2,27)28)16-9-13(18)5-8-15(16)19/h3-9H,10H2,1-2H3,(H,21,24)/b20-11-. The fourth-order valence-electron chi connectivity index (χ4n) is 2.26. The SMILES string of the molecule is C/C(=N/NC(=O)CN(c1cc(Cl)ccc1Cl)S(C)(=O)=O)c1ccc([N+](=O)[O-])cc1. The van der Waals surface area contributed by atoms with Crippen LogP contribution < -0.4 is 9.73 Å². The largest absolute Gasteiger partial charge is 0.271 e. The van der Waals surface area contributed by atoms with Crippen molar-refractivity contribution in [2.24, 2.45) is 5.10 Å². The Morgan fingerprint density at radius 3 is 2.38 bits per heavy atom. The Kier molecular flexibility index (Phi) is 7.17. The lowest BCUT2D eigenvalue weighted by Gasteiger charge is -2.22. The van der Waals surface area contributed by atoms with Crippen LogP contribution in [0.3, 0.4) is 0 Å². The fourth-order valence-corrected chi connectivity index (χ4v) is 3.56. The summed E-state index contributed by atoms with van der Waals surface area (Å²) in [5.74, 6) is -0.715. The molecule has 0 aliphatic rings. The molecule has 0 saturated heterocycles. The van der Waals surface area contributed by atoms with Crippen LogP contribution in [0, 0.1) is 10.1 Å². The summed E-state index contributed by atoms with van der Waals surface area (Å²) >= 11 is 12.0. The molecule has 0 bridgehead atoms. The molecule has 154 valence electrons. The van der Waals surface area contributed by atoms with Crippen molar-refractivity contribution in [1.29, 1.82) is 0 Å². The van der Waals surface area contributed by atoms with Gasteiger partial charge < -0.3 is 0 Å². The number of benzene rings is 2. The summed E-state index contributed by atoms with van der Waals surface area (Å²) in [6.07, 6.45) is 0.933. The average Bonchev–Trinajstić information content (AvgIpc) is 2.65. The topological polar surface area (TPSA) is 122 Å². The second-order valence-corrected chi connectivity index (χ2v) is 8.65. The molecule has 29 heavy (non-hydrogen) atoms. The van der Waals surface area contributed by atoms with Crippen molar-refractivity contribution in [3.63, 3.8) is 0 Å². The van der Waals surface area contributed by atoms with Crippen molar-refractivity contribution >= 4 is 56.2 Å². The molecule has 1 amide bonds. The summed E-state index contributed by atoms with van der Waals surface area (Å²) < 4.78 is 25.1. The second-order valence-electron chi connectivity index (χ2n) is 5.90. The molecule has 0 spiro atoms. The van der Waals surface area contributed by atoms with Crippen LogP contribution in [0.1, 0.15) is 12.5 Å². The van der Waals surface area contributed by atoms with E-state index in [1.807, 2.05) is 0 Å². The van der Waals surface area contributed by atoms with E-state index >= 15 is 0 Å². The van der Waals surface area contributed by atoms with E-state index in [-0.39, 0.29) is 21.4 Å². The lowest BCUT2D eigenvalue weighted by Crippen LogP contribution is -2.39. The molecule has 0 fully saturated rings. The number of nitrogens with one attached hydrogen (secondary N) is 1. The van der Waals surface area contributed by atoms with Crippen molar-refractivity contribution in [3.8, 4) is 0 Å². The highest BCUT2D eigenvalue weighted by Crippen LogP contribution is 2.30. The number of rotatable bonds is 7. The highest BCUT2D eigenvalue weighted by molar-refractivity contribution is 7.92. The van der Waals surface area contributed by atoms with Crippen LogP contribution in [0.2, 0.25) is 10.0 Å². The number of hydrogen-bond acceptors (Lipinski definition) is 6. The number of hydrazone groups is 1. The minimum Gasteiger partial charge on any atom is -0.271 e. The minimum atomic E-state index is -3.84. The van der Waals surface area contributed by atoms with Crippen molar-refractivity contribution < 1.29 is 18.1 Å². The first-order chi connectivity index (χ1) is 13.5. The number of carbonyl (C=O) groups is 1. The second kappa shape index (κ2) is 9.21. The van der Waals surface area contributed by atoms with E-state index in [2.05, 4.69) is 10.5 Å². The van der Waals surface area contributed by atoms with Gasteiger partial charge >= 0.3 is 0 Å². The number of nitrogens with zero attached hydrogens (tertiary/aromatic N) is 3. The highest BCUT2D eigenvalue weighted by Gasteiger charge is 2.23. The summed E-state index contributed by atoms with van der Waals surface area (Å²) in [7, 11) is -3.84. The Labute approximate surface area is 177 Å². The smallest absolute Gasteiger partial charge is 0.269 e. The van der Waals surface area contributed by atoms with Gasteiger partial charge in [-0.3, -0.25) is 19.2 Å². The van der Waals surface area contributed by atoms with Gasteiger partial charge in [-0.1, -0.05) is 23.2 Å². The van der Waals surface area contributed by atoms with Crippen LogP contribution in [0.5, 0.6) is 0 Å². The van der Waals surface area contributed by atoms with E-state index in [4.69, 9.17) is 23.2 Å². The van der Waals surface area contributed by atoms with Crippen LogP contribution in [0.4, 0.5) is 11.4 Å². The lowest BCUT2D eigenvalue weighted by molar-refractivity contribution is -0.384. The number of anilines is 1. The third-order valence-corrected chi connectivity index (χ3v) is 5.39. The van der Waals surface area contributed by atoms with Gasteiger partial charge in [0.25, 0.3) is 11.6 Å². The molecule has 2 aromatic carbocycles. The van der Waals surface area contributed by atoms with E-state index in [9.17, 15) is 23.3 Å². The zero-order valence-electron chi connectivity index (χ0n) is 15.3. The maximum atomic E-state index is 12.3. The number of hydrogen-bond donors (Lipinski definition) is 1. The molecule has 12 heteroatoms. The molecular formula is C17H16Cl2N4O5S. The zero-order valence-corrected chi connectivity index (χ0v) is 17.6. The molecule has 0 radical (unpaired) electrons. The first-order valence-electron chi connectivity index (χ1n) is 8.00. The number of carbonyl (C=O) groups excluding carboxylic acids is 1. The normalized spacial score (nSPS) is 11.8. The Hall–Kier alpha value is -2.69. The Morgan fingerprint density at radius 2 is 1.83 bits per heavy atom. The zero-order chi connectivity index (χ0) is 21.8. The quantitative estimate of drug-likeness (QED) is 0.387. The van der Waals surface area contributed by atoms with Gasteiger partial charge in [0, 0.05) is 17.2 Å². The van der Waals surface area contributed by atoms with Gasteiger partial charge in [0.2, 0.25) is 10.0 Å². The van der Waals surface area contributed by atoms with Crippen LogP contribution in [-0.2, 0) is 14.8 Å². The molecule has 1 N–H and O–H groups in total. The van der Waals surface area contributed by atoms with Crippen LogP contribution in [0.25, 0.3) is 0 Å². The molecule has 2 aromatic rings. The Bertz CT molecular complexity index is 1070. The van der Waals surface area contributed by atoms with E-state index in [0.717, 1.165) is 10.6 Å². The van der Waals surface area contributed by atoms with Gasteiger partial charge in [-0.05, 0) is 42.8 Å². The van der Waals surface area contributed by atoms with Gasteiger partial charge in [-0.15, -0.1) is 0 Å². The minimum absolute atomic E-state index is 0.0629. The number of halogens is 2. The van der Waals surface area contributed by atoms with Crippen LogP contribution in [0.15, 0.2) is 47.6 Å². The third kappa shape index (κ3) is 6.14. The van der Waals surface area contributed by atoms with Gasteiger partial charge in [0.05, 0.1) is 27.6 Å². The van der Waals surface area contributed by atoms with E-state index < -0.39 is 27.4 Å². The predicted octanol–water partition coefficient (Wildman–Crippen LogP) is 3.21. The molecular weight excluding hydrogens is 443 g/mol. The maximum Gasteiger partial charge on any atom is 0.269 e. The summed E-state index contributed by atoms with van der Waals surface area (Å²) in [5.41, 5.74) is 3.17. The molecule has 2 rings (SSSR count). The van der Waals surface area contributed by atoms with Crippen molar-refractivity contribution in [3.05, 3.63) is 68.2 Å². The summed E-state index contributed by atoms with van der Waals surface area (Å²) in [4.78, 5) is 22.4. The fraction of sp³-hybridized carbons (Fsp3) is 0.176. The number of amides is 1. The van der Waals surface area contributed by atoms with E-state index in [0.29, 0.717) is 11.3 Å². The third-order valence-electron chi connectivity index (χ3n) is 3.71. The lowest BCUT2D eigenvalue weighted by atomic mass is 10.1. The van der Waals surface area contributed by atoms with Gasteiger partial charge in [0.15, 0.2) is 0 Å². The molecule has 0 aliphatic heterocycles. The molecule has 0 aliphatic carbocycles. The monoisotopic (exact) mass is 458 g/mol. The van der Waals surface area contributed by atoms with Gasteiger partial charge in [-0.25, -0.2) is 13.8 Å². The summed E-state index contributed by atoms with van der Waals surface area (Å²) in [5, 5.41) is 15.0. The number of nitro groups is 1. The molecule has 0 heterocycles. The first-order valence-corrected chi connectivity index (χ1v) is 10.6. The molecule has 0 aromatic heterocycles. The number of non-ortho nitro benzene ring substituents is 1. The van der Waals surface area contributed by atoms with Crippen molar-refractivity contribution in [2.75, 3.05) is 17.1 Å². The number of nitro benzene ring substituents is 1. The molecule has 9 nitrogen and oxygen atoms in total. The van der Waals surface area contributed by atoms with Crippen LogP contribution in [-0.4, -0.2) is 37.8 Å². The number of sulfonamides is 1. The maximum absolute atomic E-state index is 12.3. The van der Waals surface area contributed by atoms with Crippen LogP contribution >= 0.6 is 23.2 Å². The van der Waals surface area contributed by atoms with E-state index in [1.165, 1.54) is 42.5 Å². The van der Waals surface area contributed by atoms with Crippen molar-refractivity contribution in [2.45, 2.75) is 6.92 Å². The Morgan fingerprint density at radius 1 is 1.21 bits per heavy atom. The first kappa shape index (κ1) is 22.6. The molecule has 0 atom stereocenters. The molecule has 0 saturated carbocycles. The van der Waals surface area contributed by atoms with Crippen molar-refractivity contribution in [1.82, 2.24) is 5.43 Å². The Balaban J connectivity index is 2.17. The van der Waals surface area contributed by atoms with Gasteiger partial charge in [0.1, 0.15) is 6.54 Å². The molecule has 0 unspecified atom stereocenters. The summed E-state index contributed by atoms with van der Waals surface area (Å²) in [6.45, 7) is 1.01.